The molecular formula is C17H12FN3O. The van der Waals surface area contributed by atoms with Crippen molar-refractivity contribution in [2.45, 2.75) is 0 Å². The number of nitrogens with one attached hydrogen (secondary N) is 1. The van der Waals surface area contributed by atoms with Crippen molar-refractivity contribution in [3.63, 3.8) is 0 Å². The van der Waals surface area contributed by atoms with Crippen LogP contribution in [-0.2, 0) is 0 Å². The third-order valence-corrected chi connectivity index (χ3v) is 3.08. The quantitative estimate of drug-likeness (QED) is 0.596. The minimum absolute atomic E-state index is 0.287. The fourth-order valence-corrected chi connectivity index (χ4v) is 1.96. The molecule has 1 aromatic heterocycles. The molecular weight excluding hydrogens is 281 g/mol. The fourth-order valence-electron chi connectivity index (χ4n) is 1.96. The second-order valence-electron chi connectivity index (χ2n) is 4.64. The summed E-state index contributed by atoms with van der Waals surface area (Å²) in [5.41, 5.74) is 4.12. The molecule has 0 spiro atoms. The van der Waals surface area contributed by atoms with Gasteiger partial charge >= 0.3 is 0 Å². The standard InChI is InChI=1S/C17H12FN3O/c18-14-8-5-12(6-9-14)11-19-21-17(22)16-10-7-13-3-1-2-4-15(13)20-16/h1-11H,(H,21,22). The smallest absolute Gasteiger partial charge is 0.266 e. The van der Waals surface area contributed by atoms with Gasteiger partial charge < -0.3 is 0 Å². The molecule has 22 heavy (non-hydrogen) atoms. The molecule has 2 aromatic carbocycles. The first-order valence-electron chi connectivity index (χ1n) is 6.67. The van der Waals surface area contributed by atoms with Crippen molar-refractivity contribution in [2.24, 2.45) is 5.10 Å². The molecule has 0 unspecified atom stereocenters. The Morgan fingerprint density at radius 3 is 2.64 bits per heavy atom. The van der Waals surface area contributed by atoms with Crippen molar-refractivity contribution < 1.29 is 9.18 Å². The molecule has 5 heteroatoms. The van der Waals surface area contributed by atoms with E-state index in [-0.39, 0.29) is 11.5 Å². The zero-order chi connectivity index (χ0) is 15.4. The van der Waals surface area contributed by atoms with Crippen LogP contribution in [0.4, 0.5) is 4.39 Å². The molecule has 108 valence electrons. The van der Waals surface area contributed by atoms with Crippen LogP contribution in [0.5, 0.6) is 0 Å². The van der Waals surface area contributed by atoms with E-state index < -0.39 is 5.91 Å². The minimum atomic E-state index is -0.399. The lowest BCUT2D eigenvalue weighted by atomic mass is 10.2. The molecule has 3 rings (SSSR count). The first-order valence-corrected chi connectivity index (χ1v) is 6.67. The summed E-state index contributed by atoms with van der Waals surface area (Å²) in [5.74, 6) is -0.717. The summed E-state index contributed by atoms with van der Waals surface area (Å²) in [7, 11) is 0. The minimum Gasteiger partial charge on any atom is -0.266 e. The largest absolute Gasteiger partial charge is 0.289 e. The van der Waals surface area contributed by atoms with Gasteiger partial charge in [-0.2, -0.15) is 5.10 Å². The van der Waals surface area contributed by atoms with Crippen molar-refractivity contribution >= 4 is 23.0 Å². The Morgan fingerprint density at radius 1 is 1.05 bits per heavy atom. The highest BCUT2D eigenvalue weighted by Gasteiger charge is 2.06. The van der Waals surface area contributed by atoms with E-state index in [4.69, 9.17) is 0 Å². The van der Waals surface area contributed by atoms with Crippen LogP contribution in [0, 0.1) is 5.82 Å². The number of hydrogen-bond donors (Lipinski definition) is 1. The summed E-state index contributed by atoms with van der Waals surface area (Å²) < 4.78 is 12.8. The maximum Gasteiger partial charge on any atom is 0.289 e. The molecule has 0 aliphatic carbocycles. The second-order valence-corrected chi connectivity index (χ2v) is 4.64. The third kappa shape index (κ3) is 3.15. The lowest BCUT2D eigenvalue weighted by Gasteiger charge is -2.01. The summed E-state index contributed by atoms with van der Waals surface area (Å²) in [5, 5.41) is 4.81. The van der Waals surface area contributed by atoms with Gasteiger partial charge in [-0.25, -0.2) is 14.8 Å². The van der Waals surface area contributed by atoms with Gasteiger partial charge in [0.05, 0.1) is 11.7 Å². The number of para-hydroxylation sites is 1. The van der Waals surface area contributed by atoms with Crippen molar-refractivity contribution in [1.82, 2.24) is 10.4 Å². The molecule has 0 aliphatic rings. The second kappa shape index (κ2) is 6.13. The first-order chi connectivity index (χ1) is 10.7. The third-order valence-electron chi connectivity index (χ3n) is 3.08. The van der Waals surface area contributed by atoms with Crippen LogP contribution < -0.4 is 5.43 Å². The summed E-state index contributed by atoms with van der Waals surface area (Å²) >= 11 is 0. The normalized spacial score (nSPS) is 11.0. The SMILES string of the molecule is O=C(NN=Cc1ccc(F)cc1)c1ccc2ccccc2n1. The van der Waals surface area contributed by atoms with Gasteiger partial charge in [0.2, 0.25) is 0 Å². The summed E-state index contributed by atoms with van der Waals surface area (Å²) in [6, 6.07) is 16.8. The molecule has 1 heterocycles. The zero-order valence-corrected chi connectivity index (χ0v) is 11.5. The van der Waals surface area contributed by atoms with E-state index in [1.54, 1.807) is 18.2 Å². The highest BCUT2D eigenvalue weighted by Crippen LogP contribution is 2.11. The number of benzene rings is 2. The molecule has 0 radical (unpaired) electrons. The summed E-state index contributed by atoms with van der Waals surface area (Å²) in [6.45, 7) is 0. The highest BCUT2D eigenvalue weighted by atomic mass is 19.1. The van der Waals surface area contributed by atoms with Crippen molar-refractivity contribution in [2.75, 3.05) is 0 Å². The number of nitrogens with zero attached hydrogens (tertiary/aromatic N) is 2. The van der Waals surface area contributed by atoms with E-state index in [2.05, 4.69) is 15.5 Å². The fraction of sp³-hybridized carbons (Fsp3) is 0. The van der Waals surface area contributed by atoms with Crippen molar-refractivity contribution in [1.29, 1.82) is 0 Å². The monoisotopic (exact) mass is 293 g/mol. The van der Waals surface area contributed by atoms with E-state index in [1.807, 2.05) is 30.3 Å². The van der Waals surface area contributed by atoms with E-state index in [0.29, 0.717) is 5.56 Å². The lowest BCUT2D eigenvalue weighted by Crippen LogP contribution is -2.18. The number of halogens is 1. The number of carbonyl (C=O) groups is 1. The summed E-state index contributed by atoms with van der Waals surface area (Å²) in [4.78, 5) is 16.3. The predicted molar refractivity (Wildman–Crippen MR) is 83.2 cm³/mol. The number of hydrogen-bond acceptors (Lipinski definition) is 3. The van der Waals surface area contributed by atoms with Crippen LogP contribution in [0.25, 0.3) is 10.9 Å². The van der Waals surface area contributed by atoms with E-state index in [9.17, 15) is 9.18 Å². The van der Waals surface area contributed by atoms with E-state index >= 15 is 0 Å². The van der Waals surface area contributed by atoms with Crippen LogP contribution in [0.15, 0.2) is 65.8 Å². The Balaban J connectivity index is 1.71. The van der Waals surface area contributed by atoms with Gasteiger partial charge in [-0.1, -0.05) is 36.4 Å². The van der Waals surface area contributed by atoms with Gasteiger partial charge in [0.25, 0.3) is 5.91 Å². The van der Waals surface area contributed by atoms with E-state index in [1.165, 1.54) is 18.3 Å². The first kappa shape index (κ1) is 13.9. The van der Waals surface area contributed by atoms with Gasteiger partial charge in [-0.15, -0.1) is 0 Å². The molecule has 1 N–H and O–H groups in total. The Hall–Kier alpha value is -3.08. The van der Waals surface area contributed by atoms with Crippen LogP contribution in [0.3, 0.4) is 0 Å². The van der Waals surface area contributed by atoms with Gasteiger partial charge in [0, 0.05) is 5.39 Å². The number of fused-ring (bicyclic) bond motifs is 1. The number of rotatable bonds is 3. The molecule has 0 aliphatic heterocycles. The summed E-state index contributed by atoms with van der Waals surface area (Å²) in [6.07, 6.45) is 1.44. The average Bonchev–Trinajstić information content (AvgIpc) is 2.56. The van der Waals surface area contributed by atoms with Gasteiger partial charge in [-0.3, -0.25) is 4.79 Å². The number of aromatic nitrogens is 1. The molecule has 0 atom stereocenters. The number of carbonyl (C=O) groups excluding carboxylic acids is 1. The maximum atomic E-state index is 12.8. The Morgan fingerprint density at radius 2 is 1.82 bits per heavy atom. The Bertz CT molecular complexity index is 844. The molecule has 0 saturated carbocycles. The lowest BCUT2D eigenvalue weighted by molar-refractivity contribution is 0.0950. The highest BCUT2D eigenvalue weighted by molar-refractivity contribution is 5.95. The van der Waals surface area contributed by atoms with Crippen LogP contribution >= 0.6 is 0 Å². The van der Waals surface area contributed by atoms with Gasteiger partial charge in [0.15, 0.2) is 0 Å². The maximum absolute atomic E-state index is 12.8. The Labute approximate surface area is 126 Å². The van der Waals surface area contributed by atoms with Crippen LogP contribution in [-0.4, -0.2) is 17.1 Å². The molecule has 0 fully saturated rings. The van der Waals surface area contributed by atoms with Gasteiger partial charge in [0.1, 0.15) is 11.5 Å². The molecule has 4 nitrogen and oxygen atoms in total. The molecule has 0 bridgehead atoms. The number of pyridine rings is 1. The number of hydrazone groups is 1. The Kier molecular flexibility index (Phi) is 3.87. The zero-order valence-electron chi connectivity index (χ0n) is 11.5. The van der Waals surface area contributed by atoms with Crippen molar-refractivity contribution in [3.05, 3.63) is 77.7 Å². The van der Waals surface area contributed by atoms with Crippen LogP contribution in [0.2, 0.25) is 0 Å². The van der Waals surface area contributed by atoms with Crippen LogP contribution in [0.1, 0.15) is 16.1 Å². The topological polar surface area (TPSA) is 54.4 Å². The van der Waals surface area contributed by atoms with E-state index in [0.717, 1.165) is 10.9 Å². The molecule has 1 amide bonds. The predicted octanol–water partition coefficient (Wildman–Crippen LogP) is 3.14. The van der Waals surface area contributed by atoms with Gasteiger partial charge in [-0.05, 0) is 29.8 Å². The molecule has 3 aromatic rings. The number of amides is 1. The molecule has 0 saturated heterocycles. The van der Waals surface area contributed by atoms with Crippen molar-refractivity contribution in [3.8, 4) is 0 Å². The average molecular weight is 293 g/mol.